The minimum atomic E-state index is -1.81. The fourth-order valence-corrected chi connectivity index (χ4v) is 7.57. The van der Waals surface area contributed by atoms with Crippen LogP contribution in [0.1, 0.15) is 29.2 Å². The highest BCUT2D eigenvalue weighted by Gasteiger charge is 2.52. The Morgan fingerprint density at radius 3 is 2.47 bits per heavy atom. The molecular formula is C42H43N3O13. The maximum Gasteiger partial charge on any atom is 0.316 e. The maximum absolute atomic E-state index is 13.5. The van der Waals surface area contributed by atoms with Gasteiger partial charge in [0, 0.05) is 30.5 Å². The van der Waals surface area contributed by atoms with Crippen molar-refractivity contribution in [3.8, 4) is 22.6 Å². The molecule has 9 atom stereocenters. The number of phenolic OH excluding ortho intramolecular Hbond substituents is 1. The first-order chi connectivity index (χ1) is 27.9. The number of nitrogens with zero attached hydrogens (tertiary/aromatic N) is 1. The Morgan fingerprint density at radius 1 is 1.03 bits per heavy atom. The number of phenols is 1. The van der Waals surface area contributed by atoms with Crippen molar-refractivity contribution in [3.63, 3.8) is 0 Å². The molecule has 3 aliphatic rings. The molecular weight excluding hydrogens is 754 g/mol. The Morgan fingerprint density at radius 2 is 1.78 bits per heavy atom. The predicted octanol–water partition coefficient (Wildman–Crippen LogP) is 0.280. The van der Waals surface area contributed by atoms with E-state index >= 15 is 0 Å². The summed E-state index contributed by atoms with van der Waals surface area (Å²) < 4.78 is 23.6. The highest BCUT2D eigenvalue weighted by Crippen LogP contribution is 2.31. The minimum Gasteiger partial charge on any atom is -0.549 e. The third-order valence-corrected chi connectivity index (χ3v) is 10.4. The standard InChI is InChI=1S/C42H43N3O13/c1-21-14-22(2)16-25(15-21)35-34-24(10-12-44-34)18-45(35)58-39-38(50)37(49)32(20-55-41(53)33(40(51)52)30(43-3)11-13-46)57-42(39)56-27-8-9-28-31(17-27)54-19-29(36(28)48)23-4-6-26(47)7-5-23/h4-10,12,14-19,30,32-33,35,37-39,42-43,46-47,49-50H,11,13,20H2,1-3H3,(H,51,52). The van der Waals surface area contributed by atoms with Crippen molar-refractivity contribution in [1.29, 1.82) is 0 Å². The lowest BCUT2D eigenvalue weighted by Gasteiger charge is -2.41. The molecule has 6 N–H and O–H groups in total. The SMILES string of the molecule is CNC(CCO)C(C(=O)[O-])C(=O)OCC1OC(Oc2ccc3c(=O)c(-c4ccc(O)cc4)coc3c2)C(O[NH+]2C=C3C=CN=C3C2c2cc(C)cc(C)c2)C(O)C1O. The summed E-state index contributed by atoms with van der Waals surface area (Å²) in [7, 11) is 1.42. The van der Waals surface area contributed by atoms with Gasteiger partial charge in [0.1, 0.15) is 66.1 Å². The quantitative estimate of drug-likeness (QED) is 0.0744. The van der Waals surface area contributed by atoms with E-state index in [0.717, 1.165) is 28.0 Å². The number of carboxylic acid groups (broad SMARTS) is 1. The van der Waals surface area contributed by atoms with Crippen LogP contribution in [-0.2, 0) is 23.9 Å². The van der Waals surface area contributed by atoms with Gasteiger partial charge in [0.2, 0.25) is 12.4 Å². The normalized spacial score (nSPS) is 24.8. The van der Waals surface area contributed by atoms with Crippen LogP contribution in [0.4, 0.5) is 0 Å². The average Bonchev–Trinajstić information content (AvgIpc) is 3.78. The number of aliphatic hydroxyl groups excluding tert-OH is 3. The minimum absolute atomic E-state index is 0.0420. The summed E-state index contributed by atoms with van der Waals surface area (Å²) in [5, 5.41) is 57.4. The summed E-state index contributed by atoms with van der Waals surface area (Å²) in [6.07, 6.45) is -1.28. The molecule has 0 saturated carbocycles. The lowest BCUT2D eigenvalue weighted by atomic mass is 9.97. The van der Waals surface area contributed by atoms with E-state index in [2.05, 4.69) is 10.3 Å². The Hall–Kier alpha value is -5.72. The highest BCUT2D eigenvalue weighted by molar-refractivity contribution is 6.08. The van der Waals surface area contributed by atoms with Crippen molar-refractivity contribution in [2.24, 2.45) is 10.9 Å². The number of hydrogen-bond acceptors (Lipinski definition) is 15. The molecule has 3 aromatic carbocycles. The summed E-state index contributed by atoms with van der Waals surface area (Å²) in [6, 6.07) is 15.1. The first-order valence-electron chi connectivity index (χ1n) is 18.6. The number of aryl methyl sites for hydroxylation is 2. The van der Waals surface area contributed by atoms with Gasteiger partial charge in [-0.15, -0.1) is 0 Å². The first-order valence-corrected chi connectivity index (χ1v) is 18.6. The summed E-state index contributed by atoms with van der Waals surface area (Å²) in [6.45, 7) is 2.83. The van der Waals surface area contributed by atoms with Gasteiger partial charge in [-0.25, -0.2) is 0 Å². The van der Waals surface area contributed by atoms with E-state index in [9.17, 15) is 39.9 Å². The molecule has 0 bridgehead atoms. The fraction of sp³-hybridized carbons (Fsp3) is 0.333. The fourth-order valence-electron chi connectivity index (χ4n) is 7.57. The third-order valence-electron chi connectivity index (χ3n) is 10.4. The molecule has 304 valence electrons. The molecule has 58 heavy (non-hydrogen) atoms. The maximum atomic E-state index is 13.5. The molecule has 0 radical (unpaired) electrons. The summed E-state index contributed by atoms with van der Waals surface area (Å²) in [4.78, 5) is 49.6. The number of allylic oxidation sites excluding steroid dienone is 1. The van der Waals surface area contributed by atoms with Gasteiger partial charge < -0.3 is 54.3 Å². The second kappa shape index (κ2) is 17.0. The molecule has 0 amide bonds. The zero-order valence-corrected chi connectivity index (χ0v) is 31.7. The third kappa shape index (κ3) is 8.17. The molecule has 3 aliphatic heterocycles. The van der Waals surface area contributed by atoms with E-state index in [0.29, 0.717) is 10.6 Å². The summed E-state index contributed by atoms with van der Waals surface area (Å²) >= 11 is 0. The number of aromatic hydroxyl groups is 1. The van der Waals surface area contributed by atoms with Gasteiger partial charge in [0.25, 0.3) is 0 Å². The number of carbonyl (C=O) groups excluding carboxylic acids is 2. The van der Waals surface area contributed by atoms with Gasteiger partial charge in [-0.2, -0.15) is 9.90 Å². The summed E-state index contributed by atoms with van der Waals surface area (Å²) in [5.41, 5.74) is 5.06. The number of aliphatic hydroxyl groups is 3. The number of esters is 1. The molecule has 4 aromatic rings. The van der Waals surface area contributed by atoms with Gasteiger partial charge in [0.15, 0.2) is 11.5 Å². The predicted molar refractivity (Wildman–Crippen MR) is 204 cm³/mol. The lowest BCUT2D eigenvalue weighted by Crippen LogP contribution is -3.07. The molecule has 0 aliphatic carbocycles. The molecule has 9 unspecified atom stereocenters. The van der Waals surface area contributed by atoms with Crippen LogP contribution >= 0.6 is 0 Å². The van der Waals surface area contributed by atoms with Crippen molar-refractivity contribution in [2.75, 3.05) is 20.3 Å². The smallest absolute Gasteiger partial charge is 0.316 e. The molecule has 4 heterocycles. The molecule has 7 rings (SSSR count). The zero-order valence-electron chi connectivity index (χ0n) is 31.7. The number of carboxylic acids is 1. The molecule has 0 spiro atoms. The number of quaternary nitrogens is 1. The zero-order chi connectivity index (χ0) is 41.2. The van der Waals surface area contributed by atoms with E-state index < -0.39 is 73.9 Å². The van der Waals surface area contributed by atoms with E-state index in [4.69, 9.17) is 23.5 Å². The second-order valence-corrected chi connectivity index (χ2v) is 14.4. The van der Waals surface area contributed by atoms with Crippen LogP contribution in [0.25, 0.3) is 22.1 Å². The van der Waals surface area contributed by atoms with Crippen molar-refractivity contribution in [1.82, 2.24) is 5.32 Å². The molecule has 16 heteroatoms. The van der Waals surface area contributed by atoms with Crippen molar-refractivity contribution in [2.45, 2.75) is 63.1 Å². The highest BCUT2D eigenvalue weighted by atomic mass is 16.8. The van der Waals surface area contributed by atoms with Gasteiger partial charge in [-0.3, -0.25) is 14.6 Å². The first kappa shape index (κ1) is 40.5. The Balaban J connectivity index is 1.19. The number of ether oxygens (including phenoxy) is 3. The number of aliphatic carboxylic acids is 1. The van der Waals surface area contributed by atoms with Gasteiger partial charge >= 0.3 is 5.97 Å². The molecule has 16 nitrogen and oxygen atoms in total. The van der Waals surface area contributed by atoms with E-state index in [1.54, 1.807) is 24.5 Å². The van der Waals surface area contributed by atoms with Gasteiger partial charge in [-0.1, -0.05) is 29.3 Å². The molecule has 1 fully saturated rings. The number of nitrogens with one attached hydrogen (secondary N) is 2. The molecule has 1 aromatic heterocycles. The van der Waals surface area contributed by atoms with E-state index in [1.807, 2.05) is 38.1 Å². The van der Waals surface area contributed by atoms with Crippen molar-refractivity contribution in [3.05, 3.63) is 118 Å². The van der Waals surface area contributed by atoms with Crippen molar-refractivity contribution >= 4 is 28.6 Å². The largest absolute Gasteiger partial charge is 0.549 e. The van der Waals surface area contributed by atoms with Crippen LogP contribution in [0.3, 0.4) is 0 Å². The number of aliphatic imine (C=N–C) groups is 1. The van der Waals surface area contributed by atoms with Gasteiger partial charge in [0.05, 0.1) is 22.5 Å². The number of hydrogen-bond donors (Lipinski definition) is 6. The topological polar surface area (TPSA) is 234 Å². The van der Waals surface area contributed by atoms with E-state index in [1.165, 1.54) is 43.6 Å². The number of hydroxylamine groups is 2. The van der Waals surface area contributed by atoms with Crippen LogP contribution in [0, 0.1) is 19.8 Å². The van der Waals surface area contributed by atoms with Crippen LogP contribution in [0.15, 0.2) is 105 Å². The van der Waals surface area contributed by atoms with Crippen molar-refractivity contribution < 1.29 is 63.7 Å². The number of fused-ring (bicyclic) bond motifs is 2. The van der Waals surface area contributed by atoms with Crippen LogP contribution in [-0.4, -0.2) is 95.1 Å². The Kier molecular flexibility index (Phi) is 11.9. The number of carbonyl (C=O) groups is 2. The number of benzene rings is 3. The monoisotopic (exact) mass is 797 g/mol. The van der Waals surface area contributed by atoms with E-state index in [-0.39, 0.29) is 39.9 Å². The van der Waals surface area contributed by atoms with Crippen LogP contribution in [0.5, 0.6) is 11.5 Å². The lowest BCUT2D eigenvalue weighted by molar-refractivity contribution is -1.07. The summed E-state index contributed by atoms with van der Waals surface area (Å²) in [5.74, 6) is -4.59. The number of rotatable bonds is 14. The second-order valence-electron chi connectivity index (χ2n) is 14.4. The average molecular weight is 798 g/mol. The Labute approximate surface area is 331 Å². The van der Waals surface area contributed by atoms with Gasteiger partial charge in [-0.05, 0) is 75.4 Å². The molecule has 1 saturated heterocycles. The van der Waals surface area contributed by atoms with Crippen LogP contribution in [0.2, 0.25) is 0 Å². The Bertz CT molecular complexity index is 2320. The van der Waals surface area contributed by atoms with Crippen LogP contribution < -0.4 is 25.7 Å².